The van der Waals surface area contributed by atoms with Gasteiger partial charge in [-0.3, -0.25) is 4.79 Å². The molecule has 0 radical (unpaired) electrons. The lowest BCUT2D eigenvalue weighted by molar-refractivity contribution is 0.282. The van der Waals surface area contributed by atoms with E-state index in [0.717, 1.165) is 56.1 Å². The highest BCUT2D eigenvalue weighted by Crippen LogP contribution is 2.37. The number of fused-ring (bicyclic) bond motifs is 1. The summed E-state index contributed by atoms with van der Waals surface area (Å²) in [6.07, 6.45) is 7.20. The van der Waals surface area contributed by atoms with Gasteiger partial charge in [0.1, 0.15) is 12.4 Å². The number of halogens is 3. The lowest BCUT2D eigenvalue weighted by Crippen LogP contribution is -2.25. The highest BCUT2D eigenvalue weighted by Gasteiger charge is 2.22. The molecule has 1 fully saturated rings. The molecule has 0 spiro atoms. The third-order valence-corrected chi connectivity index (χ3v) is 8.53. The Kier molecular flexibility index (Phi) is 8.65. The van der Waals surface area contributed by atoms with Gasteiger partial charge in [-0.2, -0.15) is 9.78 Å². The normalized spacial score (nSPS) is 14.3. The van der Waals surface area contributed by atoms with Gasteiger partial charge >= 0.3 is 0 Å². The number of rotatable bonds is 7. The Bertz CT molecular complexity index is 1560. The summed E-state index contributed by atoms with van der Waals surface area (Å²) in [4.78, 5) is 18.4. The van der Waals surface area contributed by atoms with Crippen LogP contribution in [-0.2, 0) is 6.61 Å². The summed E-state index contributed by atoms with van der Waals surface area (Å²) in [5.74, 6) is 2.10. The summed E-state index contributed by atoms with van der Waals surface area (Å²) in [6, 6.07) is 17.2. The lowest BCUT2D eigenvalue weighted by Gasteiger charge is -2.22. The number of para-hydroxylation sites is 1. The van der Waals surface area contributed by atoms with Crippen LogP contribution in [0.15, 0.2) is 77.9 Å². The SMILES string of the molecule is COc1cc(C=Nn2c(C3CCCCC3)nc3ccccc3c2=O)cc(Br)c1OCc1ccc(Br)cc1Br. The molecule has 196 valence electrons. The van der Waals surface area contributed by atoms with Crippen molar-refractivity contribution >= 4 is 64.9 Å². The van der Waals surface area contributed by atoms with Crippen molar-refractivity contribution in [2.24, 2.45) is 5.10 Å². The van der Waals surface area contributed by atoms with E-state index in [4.69, 9.17) is 14.5 Å². The number of nitrogens with zero attached hydrogens (tertiary/aromatic N) is 3. The van der Waals surface area contributed by atoms with E-state index in [1.54, 1.807) is 19.4 Å². The van der Waals surface area contributed by atoms with Gasteiger partial charge in [-0.15, -0.1) is 0 Å². The Labute approximate surface area is 246 Å². The van der Waals surface area contributed by atoms with Gasteiger partial charge in [-0.1, -0.05) is 69.3 Å². The molecule has 3 aromatic carbocycles. The van der Waals surface area contributed by atoms with Crippen molar-refractivity contribution < 1.29 is 9.47 Å². The van der Waals surface area contributed by atoms with E-state index in [1.807, 2.05) is 48.5 Å². The van der Waals surface area contributed by atoms with Crippen molar-refractivity contribution in [3.8, 4) is 11.5 Å². The number of methoxy groups -OCH3 is 1. The van der Waals surface area contributed by atoms with Crippen LogP contribution in [0.25, 0.3) is 10.9 Å². The third kappa shape index (κ3) is 5.90. The molecule has 0 N–H and O–H groups in total. The zero-order valence-electron chi connectivity index (χ0n) is 20.8. The summed E-state index contributed by atoms with van der Waals surface area (Å²) in [5, 5.41) is 5.21. The van der Waals surface area contributed by atoms with Crippen molar-refractivity contribution in [3.63, 3.8) is 0 Å². The first-order valence-corrected chi connectivity index (χ1v) is 14.8. The minimum Gasteiger partial charge on any atom is -0.493 e. The van der Waals surface area contributed by atoms with E-state index in [0.29, 0.717) is 29.0 Å². The van der Waals surface area contributed by atoms with Gasteiger partial charge in [0.2, 0.25) is 0 Å². The Morgan fingerprint density at radius 3 is 2.58 bits per heavy atom. The Morgan fingerprint density at radius 1 is 1.03 bits per heavy atom. The molecule has 0 aliphatic heterocycles. The predicted molar refractivity (Wildman–Crippen MR) is 162 cm³/mol. The maximum Gasteiger partial charge on any atom is 0.282 e. The standard InChI is InChI=1S/C29H26Br3N3O3/c1-37-26-14-18(13-24(32)27(26)38-17-20-11-12-21(30)15-23(20)31)16-33-35-28(19-7-3-2-4-8-19)34-25-10-6-5-9-22(25)29(35)36/h5-6,9-16,19H,2-4,7-8,17H2,1H3. The Morgan fingerprint density at radius 2 is 1.82 bits per heavy atom. The van der Waals surface area contributed by atoms with Crippen LogP contribution in [-0.4, -0.2) is 23.0 Å². The minimum absolute atomic E-state index is 0.154. The second-order valence-electron chi connectivity index (χ2n) is 9.24. The molecule has 1 aliphatic rings. The summed E-state index contributed by atoms with van der Waals surface area (Å²) in [7, 11) is 1.60. The first-order valence-electron chi connectivity index (χ1n) is 12.4. The van der Waals surface area contributed by atoms with E-state index in [9.17, 15) is 4.79 Å². The summed E-state index contributed by atoms with van der Waals surface area (Å²) >= 11 is 10.7. The molecule has 1 aromatic heterocycles. The lowest BCUT2D eigenvalue weighted by atomic mass is 9.88. The molecule has 0 unspecified atom stereocenters. The molecule has 1 saturated carbocycles. The average Bonchev–Trinajstić information content (AvgIpc) is 2.93. The first kappa shape index (κ1) is 27.1. The first-order chi connectivity index (χ1) is 18.4. The van der Waals surface area contributed by atoms with E-state index < -0.39 is 0 Å². The fraction of sp³-hybridized carbons (Fsp3) is 0.276. The third-order valence-electron chi connectivity index (χ3n) is 6.71. The van der Waals surface area contributed by atoms with Gasteiger partial charge in [0, 0.05) is 20.4 Å². The van der Waals surface area contributed by atoms with Crippen LogP contribution in [0.3, 0.4) is 0 Å². The van der Waals surface area contributed by atoms with Crippen molar-refractivity contribution in [1.29, 1.82) is 0 Å². The maximum absolute atomic E-state index is 13.5. The Hall–Kier alpha value is -2.49. The summed E-state index contributed by atoms with van der Waals surface area (Å²) < 4.78 is 15.9. The number of ether oxygens (including phenoxy) is 2. The fourth-order valence-electron chi connectivity index (χ4n) is 4.74. The van der Waals surface area contributed by atoms with Crippen molar-refractivity contribution in [2.75, 3.05) is 7.11 Å². The van der Waals surface area contributed by atoms with Gasteiger partial charge in [0.05, 0.1) is 28.7 Å². The molecule has 9 heteroatoms. The van der Waals surface area contributed by atoms with Crippen LogP contribution < -0.4 is 15.0 Å². The van der Waals surface area contributed by atoms with Crippen LogP contribution >= 0.6 is 47.8 Å². The molecule has 38 heavy (non-hydrogen) atoms. The molecule has 1 heterocycles. The molecule has 4 aromatic rings. The van der Waals surface area contributed by atoms with Crippen LogP contribution in [0.2, 0.25) is 0 Å². The fourth-order valence-corrected chi connectivity index (χ4v) is 6.48. The molecule has 0 saturated heterocycles. The minimum atomic E-state index is -0.154. The second-order valence-corrected chi connectivity index (χ2v) is 11.9. The van der Waals surface area contributed by atoms with E-state index in [-0.39, 0.29) is 11.5 Å². The van der Waals surface area contributed by atoms with Gasteiger partial charge in [0.25, 0.3) is 5.56 Å². The van der Waals surface area contributed by atoms with Gasteiger partial charge in [-0.05, 0) is 70.7 Å². The maximum atomic E-state index is 13.5. The molecule has 6 nitrogen and oxygen atoms in total. The summed E-state index contributed by atoms with van der Waals surface area (Å²) in [5.41, 5.74) is 2.33. The van der Waals surface area contributed by atoms with Crippen LogP contribution in [0, 0.1) is 0 Å². The van der Waals surface area contributed by atoms with E-state index >= 15 is 0 Å². The monoisotopic (exact) mass is 701 g/mol. The van der Waals surface area contributed by atoms with Crippen LogP contribution in [0.4, 0.5) is 0 Å². The topological polar surface area (TPSA) is 65.7 Å². The molecule has 0 bridgehead atoms. The van der Waals surface area contributed by atoms with Gasteiger partial charge in [-0.25, -0.2) is 4.98 Å². The van der Waals surface area contributed by atoms with E-state index in [2.05, 4.69) is 52.9 Å². The molecule has 1 aliphatic carbocycles. The van der Waals surface area contributed by atoms with Crippen molar-refractivity contribution in [2.45, 2.75) is 44.6 Å². The smallest absolute Gasteiger partial charge is 0.282 e. The molecular formula is C29H26Br3N3O3. The van der Waals surface area contributed by atoms with Crippen molar-refractivity contribution in [3.05, 3.63) is 95.3 Å². The Balaban J connectivity index is 1.47. The second kappa shape index (κ2) is 12.1. The zero-order chi connectivity index (χ0) is 26.6. The quantitative estimate of drug-likeness (QED) is 0.182. The highest BCUT2D eigenvalue weighted by molar-refractivity contribution is 9.11. The molecule has 5 rings (SSSR count). The zero-order valence-corrected chi connectivity index (χ0v) is 25.6. The highest BCUT2D eigenvalue weighted by atomic mass is 79.9. The molecule has 0 atom stereocenters. The van der Waals surface area contributed by atoms with Gasteiger partial charge < -0.3 is 9.47 Å². The van der Waals surface area contributed by atoms with Crippen LogP contribution in [0.1, 0.15) is 55.0 Å². The summed E-state index contributed by atoms with van der Waals surface area (Å²) in [6.45, 7) is 0.360. The largest absolute Gasteiger partial charge is 0.493 e. The average molecular weight is 704 g/mol. The van der Waals surface area contributed by atoms with Gasteiger partial charge in [0.15, 0.2) is 11.5 Å². The number of benzene rings is 3. The predicted octanol–water partition coefficient (Wildman–Crippen LogP) is 8.20. The number of hydrogen-bond donors (Lipinski definition) is 0. The molecule has 0 amide bonds. The number of hydrogen-bond acceptors (Lipinski definition) is 5. The van der Waals surface area contributed by atoms with E-state index in [1.165, 1.54) is 11.1 Å². The van der Waals surface area contributed by atoms with Crippen molar-refractivity contribution in [1.82, 2.24) is 9.66 Å². The number of aromatic nitrogens is 2. The molecular weight excluding hydrogens is 678 g/mol. The van der Waals surface area contributed by atoms with Crippen LogP contribution in [0.5, 0.6) is 11.5 Å².